The molecule has 0 amide bonds. The fraction of sp³-hybridized carbons (Fsp3) is 0.0789. The molecule has 0 aliphatic carbocycles. The number of nitrogens with zero attached hydrogens (tertiary/aromatic N) is 1. The topological polar surface area (TPSA) is 91.0 Å². The van der Waals surface area contributed by atoms with Gasteiger partial charge in [0.25, 0.3) is 0 Å². The molecule has 4 rings (SSSR count). The van der Waals surface area contributed by atoms with Crippen molar-refractivity contribution in [3.05, 3.63) is 157 Å². The van der Waals surface area contributed by atoms with Gasteiger partial charge in [0.15, 0.2) is 0 Å². The number of rotatable bonds is 9. The molecule has 4 nitrogen and oxygen atoms in total. The molecule has 0 bridgehead atoms. The average molecular weight is 551 g/mol. The molecule has 0 saturated carbocycles. The Morgan fingerprint density at radius 1 is 0.619 bits per heavy atom. The Labute approximate surface area is 249 Å². The standard InChI is InChI=1S/C38H38N4/c1-4-9-31(25-41)37-21-33(27(2)10-6-15-39)19-35(23-37)29-12-5-13-30(18-29)36-20-34(28(3)11-7-16-40)22-38(24-36)32-14-8-17-42-26-32/h4-26H,39-41H2,1-3H3/b9-4-,15-6-,16-7-,27-10+,28-11+,31-25+. The molecule has 1 aromatic heterocycles. The van der Waals surface area contributed by atoms with Gasteiger partial charge in [-0.3, -0.25) is 4.98 Å². The molecule has 0 atom stereocenters. The normalized spacial score (nSPS) is 13.1. The summed E-state index contributed by atoms with van der Waals surface area (Å²) in [6.45, 7) is 6.17. The molecule has 0 fully saturated rings. The Hall–Kier alpha value is -5.35. The van der Waals surface area contributed by atoms with E-state index in [0.29, 0.717) is 0 Å². The molecule has 42 heavy (non-hydrogen) atoms. The van der Waals surface area contributed by atoms with E-state index < -0.39 is 0 Å². The van der Waals surface area contributed by atoms with Crippen molar-refractivity contribution in [1.29, 1.82) is 0 Å². The van der Waals surface area contributed by atoms with E-state index in [4.69, 9.17) is 17.2 Å². The molecular formula is C38H38N4. The molecule has 0 saturated heterocycles. The SMILES string of the molecule is C/C=C\C(=C/N)c1cc(/C(C)=C/C=C\N)cc(-c2cccc(-c3cc(/C(C)=C/C=C\N)cc(-c4cccnc4)c3)c2)c1. The first-order chi connectivity index (χ1) is 20.5. The molecule has 0 aliphatic rings. The molecule has 6 N–H and O–H groups in total. The van der Waals surface area contributed by atoms with Crippen LogP contribution in [0.2, 0.25) is 0 Å². The van der Waals surface area contributed by atoms with Crippen molar-refractivity contribution in [2.75, 3.05) is 0 Å². The van der Waals surface area contributed by atoms with E-state index in [0.717, 1.165) is 66.8 Å². The quantitative estimate of drug-likeness (QED) is 0.182. The average Bonchev–Trinajstić information content (AvgIpc) is 3.04. The molecule has 0 spiro atoms. The van der Waals surface area contributed by atoms with Crippen LogP contribution in [-0.2, 0) is 0 Å². The fourth-order valence-electron chi connectivity index (χ4n) is 4.81. The van der Waals surface area contributed by atoms with Crippen LogP contribution in [0.1, 0.15) is 37.5 Å². The molecule has 4 aromatic rings. The smallest absolute Gasteiger partial charge is 0.0346 e. The van der Waals surface area contributed by atoms with Gasteiger partial charge in [0.05, 0.1) is 0 Å². The second kappa shape index (κ2) is 14.3. The Kier molecular flexibility index (Phi) is 10.1. The summed E-state index contributed by atoms with van der Waals surface area (Å²) < 4.78 is 0. The first kappa shape index (κ1) is 29.6. The van der Waals surface area contributed by atoms with Crippen molar-refractivity contribution in [3.8, 4) is 33.4 Å². The fourth-order valence-corrected chi connectivity index (χ4v) is 4.81. The highest BCUT2D eigenvalue weighted by Gasteiger charge is 2.11. The van der Waals surface area contributed by atoms with E-state index in [1.165, 1.54) is 0 Å². The van der Waals surface area contributed by atoms with Crippen LogP contribution in [0, 0.1) is 0 Å². The Morgan fingerprint density at radius 2 is 1.14 bits per heavy atom. The van der Waals surface area contributed by atoms with Gasteiger partial charge in [-0.15, -0.1) is 0 Å². The van der Waals surface area contributed by atoms with Crippen LogP contribution >= 0.6 is 0 Å². The third-order valence-electron chi connectivity index (χ3n) is 7.07. The molecule has 0 radical (unpaired) electrons. The van der Waals surface area contributed by atoms with Crippen LogP contribution in [0.4, 0.5) is 0 Å². The van der Waals surface area contributed by atoms with E-state index in [2.05, 4.69) is 85.6 Å². The van der Waals surface area contributed by atoms with E-state index in [1.807, 2.05) is 55.6 Å². The van der Waals surface area contributed by atoms with Crippen molar-refractivity contribution in [2.24, 2.45) is 17.2 Å². The Morgan fingerprint density at radius 3 is 1.69 bits per heavy atom. The van der Waals surface area contributed by atoms with Crippen LogP contribution in [-0.4, -0.2) is 4.98 Å². The van der Waals surface area contributed by atoms with Gasteiger partial charge in [-0.2, -0.15) is 0 Å². The minimum atomic E-state index is 0.960. The first-order valence-electron chi connectivity index (χ1n) is 13.9. The lowest BCUT2D eigenvalue weighted by molar-refractivity contribution is 1.33. The van der Waals surface area contributed by atoms with Gasteiger partial charge in [0, 0.05) is 24.2 Å². The van der Waals surface area contributed by atoms with Gasteiger partial charge in [-0.25, -0.2) is 0 Å². The van der Waals surface area contributed by atoms with Crippen molar-refractivity contribution in [1.82, 2.24) is 4.98 Å². The largest absolute Gasteiger partial charge is 0.405 e. The third kappa shape index (κ3) is 7.23. The van der Waals surface area contributed by atoms with Gasteiger partial charge in [0.1, 0.15) is 0 Å². The molecule has 0 unspecified atom stereocenters. The number of aromatic nitrogens is 1. The lowest BCUT2D eigenvalue weighted by Crippen LogP contribution is -1.92. The molecular weight excluding hydrogens is 512 g/mol. The maximum Gasteiger partial charge on any atom is 0.0346 e. The van der Waals surface area contributed by atoms with Crippen molar-refractivity contribution < 1.29 is 0 Å². The predicted octanol–water partition coefficient (Wildman–Crippen LogP) is 8.71. The summed E-state index contributed by atoms with van der Waals surface area (Å²) in [6.07, 6.45) is 20.2. The number of benzene rings is 3. The third-order valence-corrected chi connectivity index (χ3v) is 7.07. The Balaban J connectivity index is 1.89. The molecule has 4 heteroatoms. The molecule has 210 valence electrons. The highest BCUT2D eigenvalue weighted by Crippen LogP contribution is 2.34. The van der Waals surface area contributed by atoms with Crippen LogP contribution < -0.4 is 17.2 Å². The highest BCUT2D eigenvalue weighted by atomic mass is 14.6. The summed E-state index contributed by atoms with van der Waals surface area (Å²) in [5.41, 5.74) is 30.4. The summed E-state index contributed by atoms with van der Waals surface area (Å²) in [5, 5.41) is 0. The lowest BCUT2D eigenvalue weighted by Gasteiger charge is -2.14. The zero-order valence-electron chi connectivity index (χ0n) is 24.5. The second-order valence-electron chi connectivity index (χ2n) is 10.0. The predicted molar refractivity (Wildman–Crippen MR) is 181 cm³/mol. The lowest BCUT2D eigenvalue weighted by atomic mass is 9.90. The summed E-state index contributed by atoms with van der Waals surface area (Å²) in [7, 11) is 0. The van der Waals surface area contributed by atoms with Gasteiger partial charge < -0.3 is 17.2 Å². The van der Waals surface area contributed by atoms with Gasteiger partial charge >= 0.3 is 0 Å². The van der Waals surface area contributed by atoms with Gasteiger partial charge in [-0.05, 0) is 155 Å². The van der Waals surface area contributed by atoms with Crippen molar-refractivity contribution in [2.45, 2.75) is 20.8 Å². The van der Waals surface area contributed by atoms with Crippen LogP contribution in [0.15, 0.2) is 140 Å². The van der Waals surface area contributed by atoms with Crippen LogP contribution in [0.3, 0.4) is 0 Å². The van der Waals surface area contributed by atoms with Gasteiger partial charge in [0.2, 0.25) is 0 Å². The maximum atomic E-state index is 6.04. The van der Waals surface area contributed by atoms with E-state index >= 15 is 0 Å². The number of pyridine rings is 1. The number of hydrogen-bond donors (Lipinski definition) is 3. The maximum absolute atomic E-state index is 6.04. The summed E-state index contributed by atoms with van der Waals surface area (Å²) in [5.74, 6) is 0. The molecule has 1 heterocycles. The van der Waals surface area contributed by atoms with Crippen LogP contribution in [0.5, 0.6) is 0 Å². The van der Waals surface area contributed by atoms with E-state index in [1.54, 1.807) is 24.8 Å². The van der Waals surface area contributed by atoms with Crippen LogP contribution in [0.25, 0.3) is 50.1 Å². The van der Waals surface area contributed by atoms with Crippen molar-refractivity contribution in [3.63, 3.8) is 0 Å². The number of allylic oxidation sites excluding steroid dienone is 9. The highest BCUT2D eigenvalue weighted by molar-refractivity contribution is 5.85. The van der Waals surface area contributed by atoms with Crippen molar-refractivity contribution >= 4 is 16.7 Å². The van der Waals surface area contributed by atoms with E-state index in [9.17, 15) is 0 Å². The number of hydrogen-bond acceptors (Lipinski definition) is 4. The zero-order chi connectivity index (χ0) is 29.9. The summed E-state index contributed by atoms with van der Waals surface area (Å²) >= 11 is 0. The summed E-state index contributed by atoms with van der Waals surface area (Å²) in [6, 6.07) is 25.9. The second-order valence-corrected chi connectivity index (χ2v) is 10.0. The Bertz CT molecular complexity index is 1720. The minimum absolute atomic E-state index is 0.960. The van der Waals surface area contributed by atoms with E-state index in [-0.39, 0.29) is 0 Å². The minimum Gasteiger partial charge on any atom is -0.405 e. The molecule has 3 aromatic carbocycles. The monoisotopic (exact) mass is 550 g/mol. The zero-order valence-corrected chi connectivity index (χ0v) is 24.5. The summed E-state index contributed by atoms with van der Waals surface area (Å²) in [4.78, 5) is 4.35. The first-order valence-corrected chi connectivity index (χ1v) is 13.9. The molecule has 0 aliphatic heterocycles. The van der Waals surface area contributed by atoms with Gasteiger partial charge in [-0.1, -0.05) is 48.6 Å². The number of nitrogens with two attached hydrogens (primary N) is 3.